The van der Waals surface area contributed by atoms with Gasteiger partial charge in [-0.25, -0.2) is 4.99 Å². The average Bonchev–Trinajstić information content (AvgIpc) is 3.32. The lowest BCUT2D eigenvalue weighted by atomic mass is 10.00. The van der Waals surface area contributed by atoms with Crippen LogP contribution in [0.5, 0.6) is 5.75 Å². The molecule has 1 unspecified atom stereocenters. The Morgan fingerprint density at radius 1 is 1.02 bits per heavy atom. The Hall–Kier alpha value is -4.92. The summed E-state index contributed by atoms with van der Waals surface area (Å²) in [4.78, 5) is 30.6. The van der Waals surface area contributed by atoms with Gasteiger partial charge >= 0.3 is 0 Å². The second-order valence-corrected chi connectivity index (χ2v) is 9.86. The molecule has 2 aliphatic rings. The highest BCUT2D eigenvalue weighted by atomic mass is 16.5. The molecule has 9 heteroatoms. The van der Waals surface area contributed by atoms with Gasteiger partial charge in [-0.1, -0.05) is 42.5 Å². The number of hydrazone groups is 1. The first-order valence-electron chi connectivity index (χ1n) is 13.1. The Balaban J connectivity index is 1.32. The number of hydrogen-bond acceptors (Lipinski definition) is 7. The molecule has 2 aliphatic heterocycles. The molecule has 0 radical (unpaired) electrons. The molecular formula is C31H32N6O3. The molecule has 2 heterocycles. The number of nitrogens with one attached hydrogen (secondary N) is 3. The van der Waals surface area contributed by atoms with Gasteiger partial charge in [-0.05, 0) is 67.8 Å². The van der Waals surface area contributed by atoms with E-state index in [9.17, 15) is 9.59 Å². The smallest absolute Gasteiger partial charge is 0.255 e. The molecule has 2 atom stereocenters. The molecule has 0 aliphatic carbocycles. The highest BCUT2D eigenvalue weighted by Gasteiger charge is 2.37. The van der Waals surface area contributed by atoms with Crippen LogP contribution in [0.15, 0.2) is 94.2 Å². The number of rotatable bonds is 7. The fourth-order valence-electron chi connectivity index (χ4n) is 4.83. The van der Waals surface area contributed by atoms with Crippen molar-refractivity contribution in [1.29, 1.82) is 0 Å². The Morgan fingerprint density at radius 3 is 2.60 bits per heavy atom. The van der Waals surface area contributed by atoms with Crippen LogP contribution >= 0.6 is 0 Å². The summed E-state index contributed by atoms with van der Waals surface area (Å²) in [5, 5.41) is 15.7. The first kappa shape index (κ1) is 26.7. The molecule has 40 heavy (non-hydrogen) atoms. The van der Waals surface area contributed by atoms with Gasteiger partial charge in [0.15, 0.2) is 5.84 Å². The molecule has 9 nitrogen and oxygen atoms in total. The second kappa shape index (κ2) is 11.4. The van der Waals surface area contributed by atoms with Crippen LogP contribution in [0.4, 0.5) is 11.4 Å². The zero-order chi connectivity index (χ0) is 28.2. The van der Waals surface area contributed by atoms with E-state index in [4.69, 9.17) is 4.74 Å². The molecule has 0 saturated carbocycles. The number of aliphatic imine (C=N–C) groups is 1. The van der Waals surface area contributed by atoms with Crippen LogP contribution in [-0.4, -0.2) is 42.7 Å². The van der Waals surface area contributed by atoms with Crippen molar-refractivity contribution in [3.8, 4) is 5.75 Å². The van der Waals surface area contributed by atoms with Crippen LogP contribution in [0.2, 0.25) is 0 Å². The lowest BCUT2D eigenvalue weighted by molar-refractivity contribution is -0.124. The van der Waals surface area contributed by atoms with Gasteiger partial charge in [0.05, 0.1) is 25.6 Å². The van der Waals surface area contributed by atoms with Gasteiger partial charge in [0, 0.05) is 16.9 Å². The number of aryl methyl sites for hydroxylation is 1. The van der Waals surface area contributed by atoms with Gasteiger partial charge in [-0.2, -0.15) is 5.10 Å². The molecule has 3 N–H and O–H groups in total. The third-order valence-electron chi connectivity index (χ3n) is 7.17. The van der Waals surface area contributed by atoms with Crippen LogP contribution < -0.4 is 20.7 Å². The van der Waals surface area contributed by atoms with Crippen molar-refractivity contribution < 1.29 is 14.3 Å². The van der Waals surface area contributed by atoms with E-state index in [1.165, 1.54) is 6.34 Å². The number of carbonyl (C=O) groups excluding carboxylic acids is 2. The SMILES string of the molecule is COc1cccc(C(=O)Nc2ccc(C)c(NC3=NC=NN4CC(C(=O)N[C@@H](C)c5ccccc5)C(C)=C34)c2)c1. The summed E-state index contributed by atoms with van der Waals surface area (Å²) >= 11 is 0. The van der Waals surface area contributed by atoms with E-state index >= 15 is 0 Å². The molecule has 0 fully saturated rings. The quantitative estimate of drug-likeness (QED) is 0.389. The fourth-order valence-corrected chi connectivity index (χ4v) is 4.83. The van der Waals surface area contributed by atoms with Crippen molar-refractivity contribution in [2.45, 2.75) is 26.8 Å². The number of anilines is 2. The van der Waals surface area contributed by atoms with Crippen LogP contribution in [0.1, 0.15) is 41.4 Å². The highest BCUT2D eigenvalue weighted by Crippen LogP contribution is 2.33. The van der Waals surface area contributed by atoms with Gasteiger partial charge in [0.1, 0.15) is 17.8 Å². The highest BCUT2D eigenvalue weighted by molar-refractivity contribution is 6.13. The van der Waals surface area contributed by atoms with E-state index in [0.717, 1.165) is 28.1 Å². The molecular weight excluding hydrogens is 504 g/mol. The van der Waals surface area contributed by atoms with Crippen molar-refractivity contribution in [3.05, 3.63) is 101 Å². The van der Waals surface area contributed by atoms with Gasteiger partial charge in [0.25, 0.3) is 5.91 Å². The maximum Gasteiger partial charge on any atom is 0.255 e. The summed E-state index contributed by atoms with van der Waals surface area (Å²) in [5.41, 5.74) is 5.60. The van der Waals surface area contributed by atoms with Crippen molar-refractivity contribution in [2.24, 2.45) is 16.0 Å². The summed E-state index contributed by atoms with van der Waals surface area (Å²) < 4.78 is 5.23. The number of methoxy groups -OCH3 is 1. The molecule has 3 aromatic rings. The molecule has 5 rings (SSSR count). The monoisotopic (exact) mass is 536 g/mol. The average molecular weight is 537 g/mol. The predicted molar refractivity (Wildman–Crippen MR) is 158 cm³/mol. The number of hydrogen-bond donors (Lipinski definition) is 3. The van der Waals surface area contributed by atoms with Crippen molar-refractivity contribution in [2.75, 3.05) is 24.3 Å². The van der Waals surface area contributed by atoms with Crippen LogP contribution in [0.3, 0.4) is 0 Å². The molecule has 204 valence electrons. The second-order valence-electron chi connectivity index (χ2n) is 9.86. The molecule has 0 aromatic heterocycles. The Bertz CT molecular complexity index is 1530. The molecule has 2 amide bonds. The standard InChI is InChI=1S/C31H32N6O3/c1-19-13-14-24(35-30(38)23-11-8-12-25(15-23)40-4)16-27(19)36-29-28-20(2)26(17-37(28)33-18-32-29)31(39)34-21(3)22-9-6-5-7-10-22/h5-16,18,21,26H,17H2,1-4H3,(H,34,39)(H,35,38)(H,32,33,36)/t21-,26?/m0/s1. The maximum absolute atomic E-state index is 13.3. The van der Waals surface area contributed by atoms with Crippen LogP contribution in [0.25, 0.3) is 0 Å². The fraction of sp³-hybridized carbons (Fsp3) is 0.226. The van der Waals surface area contributed by atoms with Gasteiger partial charge in [0.2, 0.25) is 5.91 Å². The van der Waals surface area contributed by atoms with E-state index in [-0.39, 0.29) is 23.8 Å². The van der Waals surface area contributed by atoms with Crippen molar-refractivity contribution >= 4 is 35.4 Å². The largest absolute Gasteiger partial charge is 0.497 e. The summed E-state index contributed by atoms with van der Waals surface area (Å²) in [6.45, 7) is 6.33. The third-order valence-corrected chi connectivity index (χ3v) is 7.17. The molecule has 0 spiro atoms. The Kier molecular flexibility index (Phi) is 7.63. The van der Waals surface area contributed by atoms with Gasteiger partial charge < -0.3 is 20.7 Å². The number of amidine groups is 1. The van der Waals surface area contributed by atoms with Gasteiger partial charge in [-0.15, -0.1) is 0 Å². The zero-order valence-corrected chi connectivity index (χ0v) is 22.9. The number of nitrogens with zero attached hydrogens (tertiary/aromatic N) is 3. The Morgan fingerprint density at radius 2 is 1.82 bits per heavy atom. The summed E-state index contributed by atoms with van der Waals surface area (Å²) in [6, 6.07) is 22.4. The number of ether oxygens (including phenoxy) is 1. The minimum absolute atomic E-state index is 0.0521. The first-order valence-corrected chi connectivity index (χ1v) is 13.1. The minimum Gasteiger partial charge on any atom is -0.497 e. The van der Waals surface area contributed by atoms with Crippen LogP contribution in [0, 0.1) is 12.8 Å². The first-order chi connectivity index (χ1) is 19.3. The van der Waals surface area contributed by atoms with E-state index in [1.54, 1.807) is 31.4 Å². The molecule has 0 bridgehead atoms. The molecule has 0 saturated heterocycles. The topological polar surface area (TPSA) is 107 Å². The predicted octanol–water partition coefficient (Wildman–Crippen LogP) is 5.11. The van der Waals surface area contributed by atoms with Crippen molar-refractivity contribution in [1.82, 2.24) is 10.3 Å². The number of fused-ring (bicyclic) bond motifs is 1. The summed E-state index contributed by atoms with van der Waals surface area (Å²) in [6.07, 6.45) is 1.48. The zero-order valence-electron chi connectivity index (χ0n) is 22.9. The lowest BCUT2D eigenvalue weighted by Crippen LogP contribution is -2.35. The van der Waals surface area contributed by atoms with E-state index in [0.29, 0.717) is 29.4 Å². The minimum atomic E-state index is -0.363. The number of carbonyl (C=O) groups is 2. The third kappa shape index (κ3) is 5.58. The van der Waals surface area contributed by atoms with Gasteiger partial charge in [-0.3, -0.25) is 14.6 Å². The lowest BCUT2D eigenvalue weighted by Gasteiger charge is -2.23. The maximum atomic E-state index is 13.3. The number of benzene rings is 3. The Labute approximate surface area is 233 Å². The van der Waals surface area contributed by atoms with E-state index in [1.807, 2.05) is 74.3 Å². The molecule has 3 aromatic carbocycles. The van der Waals surface area contributed by atoms with Crippen LogP contribution in [-0.2, 0) is 4.79 Å². The number of amides is 2. The summed E-state index contributed by atoms with van der Waals surface area (Å²) in [5.74, 6) is 0.553. The summed E-state index contributed by atoms with van der Waals surface area (Å²) in [7, 11) is 1.57. The van der Waals surface area contributed by atoms with E-state index in [2.05, 4.69) is 26.0 Å². The van der Waals surface area contributed by atoms with E-state index < -0.39 is 0 Å². The van der Waals surface area contributed by atoms with Crippen molar-refractivity contribution in [3.63, 3.8) is 0 Å². The normalized spacial score (nSPS) is 16.6.